The quantitative estimate of drug-likeness (QED) is 0.0449. The molecule has 0 atom stereocenters. The Hall–Kier alpha value is -5.68. The zero-order valence-corrected chi connectivity index (χ0v) is 37.5. The summed E-state index contributed by atoms with van der Waals surface area (Å²) in [5.74, 6) is 2.25. The number of methoxy groups -OCH3 is 2. The van der Waals surface area contributed by atoms with Crippen LogP contribution in [0.3, 0.4) is 0 Å². The van der Waals surface area contributed by atoms with Crippen LogP contribution in [0, 0.1) is 0 Å². The molecule has 6 rings (SSSR count). The number of benzene rings is 4. The first-order valence-electron chi connectivity index (χ1n) is 20.2. The highest BCUT2D eigenvalue weighted by atomic mass is 32.2. The third kappa shape index (κ3) is 12.9. The summed E-state index contributed by atoms with van der Waals surface area (Å²) < 4.78 is 44.8. The summed E-state index contributed by atoms with van der Waals surface area (Å²) in [5, 5.41) is 9.70. The molecule has 2 heterocycles. The van der Waals surface area contributed by atoms with Crippen molar-refractivity contribution in [1.82, 2.24) is 9.88 Å². The van der Waals surface area contributed by atoms with Gasteiger partial charge >= 0.3 is 13.9 Å². The van der Waals surface area contributed by atoms with E-state index < -0.39 is 42.6 Å². The Morgan fingerprint density at radius 2 is 1.54 bits per heavy atom. The lowest BCUT2D eigenvalue weighted by atomic mass is 9.86. The molecule has 16 nitrogen and oxygen atoms in total. The second kappa shape index (κ2) is 20.7. The van der Waals surface area contributed by atoms with Crippen LogP contribution in [0.1, 0.15) is 60.8 Å². The molecule has 1 saturated heterocycles. The second-order valence-corrected chi connectivity index (χ2v) is 18.9. The van der Waals surface area contributed by atoms with Crippen molar-refractivity contribution >= 4 is 64.2 Å². The van der Waals surface area contributed by atoms with E-state index in [1.54, 1.807) is 49.7 Å². The molecular formula is C45H52N5O11PS. The van der Waals surface area contributed by atoms with E-state index in [0.29, 0.717) is 58.2 Å². The van der Waals surface area contributed by atoms with Crippen molar-refractivity contribution < 1.29 is 51.7 Å². The first-order valence-corrected chi connectivity index (χ1v) is 23.2. The number of rotatable bonds is 17. The van der Waals surface area contributed by atoms with Crippen LogP contribution >= 0.6 is 7.82 Å². The Balaban J connectivity index is 1.14. The molecule has 1 aromatic heterocycles. The number of fused-ring (bicyclic) bond motifs is 1. The number of ether oxygens (including phenoxy) is 3. The molecule has 4 aromatic carbocycles. The largest absolute Gasteiger partial charge is 0.496 e. The molecule has 1 aliphatic heterocycles. The first-order chi connectivity index (χ1) is 30.0. The van der Waals surface area contributed by atoms with Crippen LogP contribution in [-0.2, 0) is 36.5 Å². The minimum absolute atomic E-state index is 0.0155. The number of urea groups is 1. The second-order valence-electron chi connectivity index (χ2n) is 15.9. The molecule has 0 unspecified atom stereocenters. The van der Waals surface area contributed by atoms with Gasteiger partial charge in [0.15, 0.2) is 11.5 Å². The van der Waals surface area contributed by atoms with Gasteiger partial charge in [-0.2, -0.15) is 0 Å². The molecule has 1 fully saturated rings. The predicted octanol–water partition coefficient (Wildman–Crippen LogP) is 7.65. The van der Waals surface area contributed by atoms with E-state index >= 15 is 0 Å². The van der Waals surface area contributed by atoms with Gasteiger partial charge in [0.25, 0.3) is 5.91 Å². The summed E-state index contributed by atoms with van der Waals surface area (Å²) >= 11 is 0. The van der Waals surface area contributed by atoms with Gasteiger partial charge in [0, 0.05) is 77.0 Å². The molecule has 0 bridgehead atoms. The SMILES string of the molecule is COc1cc(Cc2cc(Oc3ccc(NC(=O)Nc4cc(C(C)(C)C)cc(NC(=O)COP(=O)(O)O)c4OC)c4ccccc34)ccn2)ccc1C(=O)CCCN1CCS(=O)CC1. The zero-order valence-electron chi connectivity index (χ0n) is 35.8. The molecular weight excluding hydrogens is 850 g/mol. The summed E-state index contributed by atoms with van der Waals surface area (Å²) in [5.41, 5.74) is 3.33. The Labute approximate surface area is 368 Å². The minimum Gasteiger partial charge on any atom is -0.496 e. The van der Waals surface area contributed by atoms with E-state index in [1.165, 1.54) is 7.11 Å². The number of amides is 3. The Kier molecular flexibility index (Phi) is 15.4. The van der Waals surface area contributed by atoms with Crippen molar-refractivity contribution in [2.24, 2.45) is 0 Å². The summed E-state index contributed by atoms with van der Waals surface area (Å²) in [6, 6.07) is 22.8. The molecule has 334 valence electrons. The summed E-state index contributed by atoms with van der Waals surface area (Å²) in [7, 11) is -2.71. The van der Waals surface area contributed by atoms with Gasteiger partial charge in [0.1, 0.15) is 23.9 Å². The summed E-state index contributed by atoms with van der Waals surface area (Å²) in [4.78, 5) is 64.2. The zero-order chi connectivity index (χ0) is 45.3. The van der Waals surface area contributed by atoms with E-state index in [9.17, 15) is 23.2 Å². The number of anilines is 3. The number of nitrogens with zero attached hydrogens (tertiary/aromatic N) is 2. The van der Waals surface area contributed by atoms with Crippen molar-refractivity contribution in [3.8, 4) is 23.0 Å². The number of carbonyl (C=O) groups is 3. The highest BCUT2D eigenvalue weighted by Gasteiger charge is 2.24. The van der Waals surface area contributed by atoms with E-state index in [-0.39, 0.29) is 22.9 Å². The predicted molar refractivity (Wildman–Crippen MR) is 243 cm³/mol. The van der Waals surface area contributed by atoms with Crippen molar-refractivity contribution in [3.63, 3.8) is 0 Å². The maximum Gasteiger partial charge on any atom is 0.470 e. The van der Waals surface area contributed by atoms with Crippen molar-refractivity contribution in [3.05, 3.63) is 107 Å². The number of pyridine rings is 1. The van der Waals surface area contributed by atoms with Gasteiger partial charge in [-0.3, -0.25) is 23.3 Å². The molecule has 5 N–H and O–H groups in total. The normalized spacial score (nSPS) is 13.6. The number of phosphoric ester groups is 1. The third-order valence-electron chi connectivity index (χ3n) is 10.3. The smallest absolute Gasteiger partial charge is 0.470 e. The molecule has 63 heavy (non-hydrogen) atoms. The molecule has 0 saturated carbocycles. The Morgan fingerprint density at radius 3 is 2.22 bits per heavy atom. The summed E-state index contributed by atoms with van der Waals surface area (Å²) in [6.07, 6.45) is 3.24. The number of Topliss-reactive ketones (excluding diaryl/α,β-unsaturated/α-hetero) is 1. The lowest BCUT2D eigenvalue weighted by molar-refractivity contribution is -0.118. The fraction of sp³-hybridized carbons (Fsp3) is 0.333. The lowest BCUT2D eigenvalue weighted by Crippen LogP contribution is -2.38. The van der Waals surface area contributed by atoms with Gasteiger partial charge in [-0.25, -0.2) is 9.36 Å². The number of phosphoric acid groups is 1. The van der Waals surface area contributed by atoms with Crippen LogP contribution in [0.15, 0.2) is 85.1 Å². The van der Waals surface area contributed by atoms with Gasteiger partial charge in [-0.1, -0.05) is 51.1 Å². The van der Waals surface area contributed by atoms with E-state index in [0.717, 1.165) is 48.3 Å². The van der Waals surface area contributed by atoms with Crippen LogP contribution in [-0.4, -0.2) is 93.6 Å². The lowest BCUT2D eigenvalue weighted by Gasteiger charge is -2.25. The molecule has 0 radical (unpaired) electrons. The average molecular weight is 902 g/mol. The van der Waals surface area contributed by atoms with Crippen molar-refractivity contribution in [2.75, 3.05) is 67.9 Å². The van der Waals surface area contributed by atoms with Crippen LogP contribution < -0.4 is 30.2 Å². The van der Waals surface area contributed by atoms with Crippen LogP contribution in [0.4, 0.5) is 21.9 Å². The van der Waals surface area contributed by atoms with Crippen molar-refractivity contribution in [2.45, 2.75) is 45.4 Å². The first kappa shape index (κ1) is 46.8. The summed E-state index contributed by atoms with van der Waals surface area (Å²) in [6.45, 7) is 7.31. The standard InChI is InChI=1S/C45H52N5O11PS/c1-45(2,3)30-25-37(47-42(52)28-60-62(54,55)56)43(59-5)38(26-30)49-44(53)48-36-14-15-40(34-10-7-6-9-33(34)36)61-32-16-17-46-31(27-32)23-29-12-13-35(41(24-29)58-4)39(51)11-8-18-50-19-21-63(57)22-20-50/h6-7,9-10,12-17,24-27H,8,11,18-23,28H2,1-5H3,(H,47,52)(H2,48,49,53)(H2,54,55,56). The van der Waals surface area contributed by atoms with Crippen LogP contribution in [0.2, 0.25) is 0 Å². The molecule has 3 amide bonds. The number of hydrogen-bond acceptors (Lipinski definition) is 11. The fourth-order valence-corrected chi connectivity index (χ4v) is 8.48. The molecule has 18 heteroatoms. The average Bonchev–Trinajstić information content (AvgIpc) is 3.24. The molecule has 0 spiro atoms. The molecule has 0 aliphatic carbocycles. The van der Waals surface area contributed by atoms with Gasteiger partial charge < -0.3 is 44.8 Å². The third-order valence-corrected chi connectivity index (χ3v) is 12.0. The van der Waals surface area contributed by atoms with Gasteiger partial charge in [-0.05, 0) is 72.0 Å². The molecule has 1 aliphatic rings. The highest BCUT2D eigenvalue weighted by Crippen LogP contribution is 2.40. The van der Waals surface area contributed by atoms with Crippen LogP contribution in [0.25, 0.3) is 10.8 Å². The molecule has 5 aromatic rings. The number of ketones is 1. The Bertz CT molecular complexity index is 2550. The number of nitrogens with one attached hydrogen (secondary N) is 3. The van der Waals surface area contributed by atoms with Gasteiger partial charge in [-0.15, -0.1) is 0 Å². The Morgan fingerprint density at radius 1 is 0.841 bits per heavy atom. The fourth-order valence-electron chi connectivity index (χ4n) is 7.07. The highest BCUT2D eigenvalue weighted by molar-refractivity contribution is 7.85. The number of carbonyl (C=O) groups excluding carboxylic acids is 3. The van der Waals surface area contributed by atoms with Crippen LogP contribution in [0.5, 0.6) is 23.0 Å². The van der Waals surface area contributed by atoms with Crippen molar-refractivity contribution in [1.29, 1.82) is 0 Å². The van der Waals surface area contributed by atoms with Gasteiger partial charge in [0.2, 0.25) is 0 Å². The van der Waals surface area contributed by atoms with E-state index in [2.05, 4.69) is 30.4 Å². The van der Waals surface area contributed by atoms with E-state index in [1.807, 2.05) is 63.2 Å². The topological polar surface area (TPSA) is 215 Å². The number of aromatic nitrogens is 1. The van der Waals surface area contributed by atoms with Gasteiger partial charge in [0.05, 0.1) is 36.8 Å². The number of hydrogen-bond donors (Lipinski definition) is 5. The maximum absolute atomic E-state index is 13.6. The maximum atomic E-state index is 13.6. The monoisotopic (exact) mass is 901 g/mol. The minimum atomic E-state index is -4.89. The van der Waals surface area contributed by atoms with E-state index in [4.69, 9.17) is 24.0 Å².